The average molecular weight is 363 g/mol. The predicted molar refractivity (Wildman–Crippen MR) is 96.6 cm³/mol. The minimum atomic E-state index is -1.73. The van der Waals surface area contributed by atoms with Gasteiger partial charge in [0.2, 0.25) is 0 Å². The van der Waals surface area contributed by atoms with Crippen LogP contribution >= 0.6 is 0 Å². The summed E-state index contributed by atoms with van der Waals surface area (Å²) in [6.45, 7) is 2.51. The van der Waals surface area contributed by atoms with E-state index in [9.17, 15) is 15.3 Å². The first kappa shape index (κ1) is 18.7. The lowest BCUT2D eigenvalue weighted by Crippen LogP contribution is -2.49. The molecule has 0 spiro atoms. The van der Waals surface area contributed by atoms with Gasteiger partial charge in [0, 0.05) is 20.2 Å². The number of nitrogens with zero attached hydrogens (tertiary/aromatic N) is 5. The molecule has 1 aromatic rings. The highest BCUT2D eigenvalue weighted by atomic mass is 16.5. The van der Waals surface area contributed by atoms with Gasteiger partial charge in [0.1, 0.15) is 23.9 Å². The quantitative estimate of drug-likeness (QED) is 0.635. The van der Waals surface area contributed by atoms with Crippen LogP contribution in [0.1, 0.15) is 25.3 Å². The first-order valence-corrected chi connectivity index (χ1v) is 8.58. The number of fused-ring (bicyclic) bond motifs is 1. The van der Waals surface area contributed by atoms with Crippen LogP contribution in [0.2, 0.25) is 0 Å². The van der Waals surface area contributed by atoms with Gasteiger partial charge in [-0.2, -0.15) is 0 Å². The Morgan fingerprint density at radius 2 is 2.19 bits per heavy atom. The number of aliphatic hydroxyl groups excluding tert-OH is 2. The number of rotatable bonds is 5. The molecule has 0 amide bonds. The minimum Gasteiger partial charge on any atom is -0.394 e. The first-order chi connectivity index (χ1) is 12.5. The van der Waals surface area contributed by atoms with Crippen molar-refractivity contribution in [2.45, 2.75) is 37.7 Å². The number of methoxy groups -OCH3 is 1. The van der Waals surface area contributed by atoms with Crippen molar-refractivity contribution in [3.05, 3.63) is 24.2 Å². The summed E-state index contributed by atoms with van der Waals surface area (Å²) in [5, 5.41) is 29.9. The van der Waals surface area contributed by atoms with Crippen LogP contribution in [0.3, 0.4) is 0 Å². The third kappa shape index (κ3) is 3.43. The van der Waals surface area contributed by atoms with Crippen LogP contribution in [0.5, 0.6) is 0 Å². The lowest BCUT2D eigenvalue weighted by Gasteiger charge is -2.35. The molecule has 3 heterocycles. The Morgan fingerprint density at radius 1 is 1.38 bits per heavy atom. The Balaban J connectivity index is 1.88. The standard InChI is InChI=1S/C17H25N5O4/c1-17(25,13(24)9-23)16(26-2)22-11-20-12-8-14(18-10-19-15(12)22)21-6-4-3-5-7-21/h3-4,10-11,13,16,23-25H,5-9H2,1-2H3/t13-,16?,17?/m1/s1. The second kappa shape index (κ2) is 7.67. The highest BCUT2D eigenvalue weighted by Crippen LogP contribution is 2.33. The van der Waals surface area contributed by atoms with Crippen molar-refractivity contribution in [2.75, 3.05) is 26.8 Å². The third-order valence-corrected chi connectivity index (χ3v) is 4.80. The van der Waals surface area contributed by atoms with E-state index in [2.05, 4.69) is 32.0 Å². The molecule has 2 aliphatic heterocycles. The van der Waals surface area contributed by atoms with Crippen molar-refractivity contribution in [3.63, 3.8) is 0 Å². The maximum atomic E-state index is 10.7. The number of ether oxygens (including phenoxy) is 1. The predicted octanol–water partition coefficient (Wildman–Crippen LogP) is 0.00860. The molecule has 3 N–H and O–H groups in total. The molecular formula is C17H25N5O4. The molecule has 9 nitrogen and oxygen atoms in total. The summed E-state index contributed by atoms with van der Waals surface area (Å²) in [5.41, 5.74) is -1.02. The number of aliphatic hydroxyl groups is 3. The van der Waals surface area contributed by atoms with Gasteiger partial charge in [-0.1, -0.05) is 12.2 Å². The number of aliphatic imine (C=N–C) groups is 2. The summed E-state index contributed by atoms with van der Waals surface area (Å²) in [7, 11) is 1.41. The fourth-order valence-electron chi connectivity index (χ4n) is 3.23. The van der Waals surface area contributed by atoms with E-state index in [1.165, 1.54) is 26.7 Å². The summed E-state index contributed by atoms with van der Waals surface area (Å²) in [6, 6.07) is 0. The van der Waals surface area contributed by atoms with E-state index >= 15 is 0 Å². The largest absolute Gasteiger partial charge is 0.394 e. The highest BCUT2D eigenvalue weighted by Gasteiger charge is 2.41. The van der Waals surface area contributed by atoms with Crippen LogP contribution in [0.25, 0.3) is 0 Å². The second-order valence-corrected chi connectivity index (χ2v) is 6.61. The maximum absolute atomic E-state index is 10.7. The molecular weight excluding hydrogens is 338 g/mol. The molecule has 26 heavy (non-hydrogen) atoms. The molecule has 0 saturated carbocycles. The van der Waals surface area contributed by atoms with Gasteiger partial charge in [-0.15, -0.1) is 0 Å². The molecule has 0 radical (unpaired) electrons. The van der Waals surface area contributed by atoms with Gasteiger partial charge in [-0.3, -0.25) is 4.57 Å². The van der Waals surface area contributed by atoms with Crippen molar-refractivity contribution in [1.29, 1.82) is 0 Å². The van der Waals surface area contributed by atoms with Crippen molar-refractivity contribution in [1.82, 2.24) is 14.5 Å². The van der Waals surface area contributed by atoms with Crippen LogP contribution in [0, 0.1) is 0 Å². The van der Waals surface area contributed by atoms with Crippen LogP contribution in [-0.2, 0) is 11.2 Å². The van der Waals surface area contributed by atoms with Gasteiger partial charge in [0.15, 0.2) is 12.0 Å². The van der Waals surface area contributed by atoms with Crippen molar-refractivity contribution in [2.24, 2.45) is 9.98 Å². The number of hydrogen-bond acceptors (Lipinski definition) is 8. The molecule has 3 atom stereocenters. The fraction of sp³-hybridized carbons (Fsp3) is 0.588. The molecule has 0 saturated heterocycles. The molecule has 1 aromatic heterocycles. The lowest BCUT2D eigenvalue weighted by atomic mass is 9.97. The summed E-state index contributed by atoms with van der Waals surface area (Å²) in [5.74, 6) is 1.40. The van der Waals surface area contributed by atoms with Crippen molar-refractivity contribution < 1.29 is 20.1 Å². The van der Waals surface area contributed by atoms with Crippen molar-refractivity contribution in [3.8, 4) is 0 Å². The molecule has 2 unspecified atom stereocenters. The third-order valence-electron chi connectivity index (χ3n) is 4.80. The fourth-order valence-corrected chi connectivity index (χ4v) is 3.23. The van der Waals surface area contributed by atoms with Crippen LogP contribution in [0.4, 0.5) is 5.82 Å². The van der Waals surface area contributed by atoms with Crippen LogP contribution in [-0.4, -0.2) is 80.5 Å². The van der Waals surface area contributed by atoms with Crippen LogP contribution < -0.4 is 0 Å². The van der Waals surface area contributed by atoms with E-state index in [0.717, 1.165) is 25.3 Å². The van der Waals surface area contributed by atoms with Gasteiger partial charge >= 0.3 is 0 Å². The van der Waals surface area contributed by atoms with E-state index < -0.39 is 24.5 Å². The molecule has 142 valence electrons. The Kier molecular flexibility index (Phi) is 5.52. The van der Waals surface area contributed by atoms with Gasteiger partial charge in [0.05, 0.1) is 25.0 Å². The second-order valence-electron chi connectivity index (χ2n) is 6.61. The van der Waals surface area contributed by atoms with Gasteiger partial charge < -0.3 is 25.0 Å². The number of aromatic nitrogens is 2. The van der Waals surface area contributed by atoms with Crippen LogP contribution in [0.15, 0.2) is 28.5 Å². The Bertz CT molecular complexity index is 725. The summed E-state index contributed by atoms with van der Waals surface area (Å²) >= 11 is 0. The molecule has 2 aliphatic rings. The van der Waals surface area contributed by atoms with E-state index in [4.69, 9.17) is 4.74 Å². The molecule has 0 aliphatic carbocycles. The smallest absolute Gasteiger partial charge is 0.167 e. The minimum absolute atomic E-state index is 0.508. The highest BCUT2D eigenvalue weighted by molar-refractivity contribution is 5.92. The Hall–Kier alpha value is -2.07. The first-order valence-electron chi connectivity index (χ1n) is 8.58. The molecule has 9 heteroatoms. The summed E-state index contributed by atoms with van der Waals surface area (Å²) in [6.07, 6.45) is 6.39. The zero-order valence-corrected chi connectivity index (χ0v) is 15.0. The molecule has 3 rings (SSSR count). The summed E-state index contributed by atoms with van der Waals surface area (Å²) < 4.78 is 6.96. The summed E-state index contributed by atoms with van der Waals surface area (Å²) in [4.78, 5) is 15.4. The Morgan fingerprint density at radius 3 is 2.85 bits per heavy atom. The Labute approximate surface area is 152 Å². The normalized spacial score (nSPS) is 21.6. The zero-order valence-electron chi connectivity index (χ0n) is 15.0. The SMILES string of the molecule is COC(n1cnc2c1N=CN=C(N1CC=CCC1)C2)C(C)(O)[C@H](O)CO. The molecule has 0 bridgehead atoms. The van der Waals surface area contributed by atoms with Gasteiger partial charge in [-0.25, -0.2) is 15.0 Å². The molecule has 0 aromatic carbocycles. The van der Waals surface area contributed by atoms with Gasteiger partial charge in [0.25, 0.3) is 0 Å². The van der Waals surface area contributed by atoms with E-state index in [0.29, 0.717) is 17.9 Å². The average Bonchev–Trinajstić information content (AvgIpc) is 2.90. The zero-order chi connectivity index (χ0) is 18.7. The number of imidazole rings is 1. The van der Waals surface area contributed by atoms with E-state index in [-0.39, 0.29) is 0 Å². The van der Waals surface area contributed by atoms with Gasteiger partial charge in [-0.05, 0) is 13.3 Å². The van der Waals surface area contributed by atoms with Crippen molar-refractivity contribution >= 4 is 18.0 Å². The number of amidine groups is 1. The number of hydrogen-bond donors (Lipinski definition) is 3. The topological polar surface area (TPSA) is 116 Å². The molecule has 0 fully saturated rings. The monoisotopic (exact) mass is 363 g/mol. The van der Waals surface area contributed by atoms with E-state index in [1.54, 1.807) is 4.57 Å². The van der Waals surface area contributed by atoms with E-state index in [1.807, 2.05) is 0 Å². The lowest BCUT2D eigenvalue weighted by molar-refractivity contribution is -0.183. The maximum Gasteiger partial charge on any atom is 0.167 e.